The third-order valence-corrected chi connectivity index (χ3v) is 4.79. The number of carbonyl (C=O) groups excluding carboxylic acids is 3. The number of hydrogen-bond acceptors (Lipinski definition) is 4. The van der Waals surface area contributed by atoms with E-state index in [0.29, 0.717) is 17.0 Å². The number of anilines is 1. The molecule has 0 unspecified atom stereocenters. The molecular formula is C22H33N3O4. The minimum atomic E-state index is -1.11. The van der Waals surface area contributed by atoms with Gasteiger partial charge in [-0.3, -0.25) is 19.3 Å². The van der Waals surface area contributed by atoms with Crippen molar-refractivity contribution < 1.29 is 19.1 Å². The van der Waals surface area contributed by atoms with Crippen LogP contribution in [-0.2, 0) is 9.59 Å². The molecule has 0 spiro atoms. The maximum atomic E-state index is 13.0. The second-order valence-corrected chi connectivity index (χ2v) is 9.68. The van der Waals surface area contributed by atoms with Crippen LogP contribution in [-0.4, -0.2) is 40.9 Å². The second-order valence-electron chi connectivity index (χ2n) is 9.68. The van der Waals surface area contributed by atoms with E-state index < -0.39 is 11.1 Å². The molecule has 0 saturated carbocycles. The summed E-state index contributed by atoms with van der Waals surface area (Å²) in [5, 5.41) is 5.85. The standard InChI is InChI=1S/C22H33N3O4/c1-9-21(5,6)24-18(27)14-10-11-16-15(12-14)25(19(28)22(7,8)29-16)13-17(26)23-20(2,3)4/h10-12H,9,13H2,1-8H3,(H,23,26)(H,24,27). The maximum Gasteiger partial charge on any atom is 0.271 e. The molecule has 1 heterocycles. The monoisotopic (exact) mass is 403 g/mol. The lowest BCUT2D eigenvalue weighted by atomic mass is 10.00. The van der Waals surface area contributed by atoms with Crippen LogP contribution in [0.2, 0.25) is 0 Å². The van der Waals surface area contributed by atoms with E-state index in [1.807, 2.05) is 41.5 Å². The number of ether oxygens (including phenoxy) is 1. The van der Waals surface area contributed by atoms with Crippen LogP contribution in [0.15, 0.2) is 18.2 Å². The number of nitrogens with zero attached hydrogens (tertiary/aromatic N) is 1. The van der Waals surface area contributed by atoms with Gasteiger partial charge in [0.15, 0.2) is 5.60 Å². The minimum absolute atomic E-state index is 0.151. The van der Waals surface area contributed by atoms with Crippen LogP contribution in [0.4, 0.5) is 5.69 Å². The summed E-state index contributed by atoms with van der Waals surface area (Å²) < 4.78 is 5.85. The first kappa shape index (κ1) is 22.7. The van der Waals surface area contributed by atoms with Gasteiger partial charge in [-0.1, -0.05) is 6.92 Å². The van der Waals surface area contributed by atoms with Crippen LogP contribution in [0.3, 0.4) is 0 Å². The van der Waals surface area contributed by atoms with E-state index in [4.69, 9.17) is 4.74 Å². The van der Waals surface area contributed by atoms with Gasteiger partial charge in [-0.15, -0.1) is 0 Å². The highest BCUT2D eigenvalue weighted by molar-refractivity contribution is 6.07. The van der Waals surface area contributed by atoms with Crippen molar-refractivity contribution in [3.8, 4) is 5.75 Å². The Bertz CT molecular complexity index is 822. The summed E-state index contributed by atoms with van der Waals surface area (Å²) in [6.07, 6.45) is 0.776. The average Bonchev–Trinajstić information content (AvgIpc) is 2.56. The van der Waals surface area contributed by atoms with Crippen molar-refractivity contribution in [3.63, 3.8) is 0 Å². The van der Waals surface area contributed by atoms with Crippen LogP contribution in [0.1, 0.15) is 72.2 Å². The van der Waals surface area contributed by atoms with Crippen molar-refractivity contribution in [3.05, 3.63) is 23.8 Å². The molecule has 2 rings (SSSR count). The van der Waals surface area contributed by atoms with E-state index >= 15 is 0 Å². The zero-order valence-corrected chi connectivity index (χ0v) is 18.7. The largest absolute Gasteiger partial charge is 0.476 e. The lowest BCUT2D eigenvalue weighted by Gasteiger charge is -2.39. The number of hydrogen-bond donors (Lipinski definition) is 2. The van der Waals surface area contributed by atoms with Gasteiger partial charge in [-0.05, 0) is 73.1 Å². The molecule has 1 aromatic rings. The van der Waals surface area contributed by atoms with Crippen molar-refractivity contribution in [2.75, 3.05) is 11.4 Å². The Hall–Kier alpha value is -2.57. The van der Waals surface area contributed by atoms with E-state index in [1.165, 1.54) is 4.90 Å². The highest BCUT2D eigenvalue weighted by atomic mass is 16.5. The molecule has 7 heteroatoms. The van der Waals surface area contributed by atoms with E-state index in [-0.39, 0.29) is 29.8 Å². The Labute approximate surface area is 173 Å². The first-order chi connectivity index (χ1) is 13.1. The summed E-state index contributed by atoms with van der Waals surface area (Å²) in [5.74, 6) is -0.391. The van der Waals surface area contributed by atoms with Gasteiger partial charge in [-0.25, -0.2) is 0 Å². The second kappa shape index (κ2) is 7.69. The van der Waals surface area contributed by atoms with Crippen molar-refractivity contribution >= 4 is 23.4 Å². The summed E-state index contributed by atoms with van der Waals surface area (Å²) in [6.45, 7) is 14.7. The van der Waals surface area contributed by atoms with Crippen molar-refractivity contribution in [2.24, 2.45) is 0 Å². The summed E-state index contributed by atoms with van der Waals surface area (Å²) in [6, 6.07) is 4.94. The Morgan fingerprint density at radius 2 is 1.72 bits per heavy atom. The molecule has 1 aromatic carbocycles. The predicted molar refractivity (Wildman–Crippen MR) is 113 cm³/mol. The van der Waals surface area contributed by atoms with Gasteiger partial charge < -0.3 is 15.4 Å². The van der Waals surface area contributed by atoms with Gasteiger partial charge in [0.05, 0.1) is 5.69 Å². The zero-order valence-electron chi connectivity index (χ0n) is 18.7. The summed E-state index contributed by atoms with van der Waals surface area (Å²) in [5.41, 5.74) is -1.06. The fourth-order valence-electron chi connectivity index (χ4n) is 2.94. The summed E-state index contributed by atoms with van der Waals surface area (Å²) in [7, 11) is 0. The van der Waals surface area contributed by atoms with Crippen LogP contribution in [0.25, 0.3) is 0 Å². The Morgan fingerprint density at radius 3 is 2.28 bits per heavy atom. The number of fused-ring (bicyclic) bond motifs is 1. The Kier molecular flexibility index (Phi) is 6.02. The van der Waals surface area contributed by atoms with E-state index in [0.717, 1.165) is 6.42 Å². The van der Waals surface area contributed by atoms with E-state index in [9.17, 15) is 14.4 Å². The van der Waals surface area contributed by atoms with Gasteiger partial charge in [-0.2, -0.15) is 0 Å². The number of carbonyl (C=O) groups is 3. The third-order valence-electron chi connectivity index (χ3n) is 4.79. The van der Waals surface area contributed by atoms with Gasteiger partial charge in [0, 0.05) is 16.6 Å². The topological polar surface area (TPSA) is 87.7 Å². The molecule has 29 heavy (non-hydrogen) atoms. The molecule has 1 aliphatic rings. The SMILES string of the molecule is CCC(C)(C)NC(=O)c1ccc2c(c1)N(CC(=O)NC(C)(C)C)C(=O)C(C)(C)O2. The molecule has 0 bridgehead atoms. The number of rotatable bonds is 5. The lowest BCUT2D eigenvalue weighted by molar-refractivity contribution is -0.134. The molecule has 1 aliphatic heterocycles. The molecule has 0 radical (unpaired) electrons. The normalized spacial score (nSPS) is 16.0. The van der Waals surface area contributed by atoms with Crippen molar-refractivity contribution in [1.29, 1.82) is 0 Å². The smallest absolute Gasteiger partial charge is 0.271 e. The van der Waals surface area contributed by atoms with Crippen LogP contribution in [0.5, 0.6) is 5.75 Å². The van der Waals surface area contributed by atoms with Crippen LogP contribution >= 0.6 is 0 Å². The predicted octanol–water partition coefficient (Wildman–Crippen LogP) is 3.02. The molecule has 0 aromatic heterocycles. The maximum absolute atomic E-state index is 13.0. The first-order valence-electron chi connectivity index (χ1n) is 9.94. The van der Waals surface area contributed by atoms with Crippen LogP contribution < -0.4 is 20.3 Å². The Balaban J connectivity index is 2.39. The van der Waals surface area contributed by atoms with E-state index in [1.54, 1.807) is 32.0 Å². The molecular weight excluding hydrogens is 370 g/mol. The van der Waals surface area contributed by atoms with Gasteiger partial charge >= 0.3 is 0 Å². The first-order valence-corrected chi connectivity index (χ1v) is 9.94. The quantitative estimate of drug-likeness (QED) is 0.791. The number of benzene rings is 1. The average molecular weight is 404 g/mol. The van der Waals surface area contributed by atoms with Gasteiger partial charge in [0.1, 0.15) is 12.3 Å². The summed E-state index contributed by atoms with van der Waals surface area (Å²) >= 11 is 0. The molecule has 3 amide bonds. The fourth-order valence-corrected chi connectivity index (χ4v) is 2.94. The summed E-state index contributed by atoms with van der Waals surface area (Å²) in [4.78, 5) is 39.6. The molecule has 0 atom stereocenters. The Morgan fingerprint density at radius 1 is 1.10 bits per heavy atom. The molecule has 0 aliphatic carbocycles. The van der Waals surface area contributed by atoms with Gasteiger partial charge in [0.2, 0.25) is 5.91 Å². The van der Waals surface area contributed by atoms with E-state index in [2.05, 4.69) is 10.6 Å². The molecule has 160 valence electrons. The van der Waals surface area contributed by atoms with Crippen molar-refractivity contribution in [1.82, 2.24) is 10.6 Å². The molecule has 0 fully saturated rings. The minimum Gasteiger partial charge on any atom is -0.476 e. The van der Waals surface area contributed by atoms with Crippen molar-refractivity contribution in [2.45, 2.75) is 78.5 Å². The van der Waals surface area contributed by atoms with Crippen LogP contribution in [0, 0.1) is 0 Å². The fraction of sp³-hybridized carbons (Fsp3) is 0.591. The molecule has 7 nitrogen and oxygen atoms in total. The zero-order chi connectivity index (χ0) is 22.2. The van der Waals surface area contributed by atoms with Gasteiger partial charge in [0.25, 0.3) is 11.8 Å². The third kappa shape index (κ3) is 5.49. The highest BCUT2D eigenvalue weighted by Gasteiger charge is 2.42. The highest BCUT2D eigenvalue weighted by Crippen LogP contribution is 2.38. The lowest BCUT2D eigenvalue weighted by Crippen LogP contribution is -2.56. The number of amides is 3. The number of nitrogens with one attached hydrogen (secondary N) is 2. The molecule has 2 N–H and O–H groups in total. The molecule has 0 saturated heterocycles.